The minimum absolute atomic E-state index is 0.893. The molecule has 0 spiro atoms. The van der Waals surface area contributed by atoms with Gasteiger partial charge in [-0.2, -0.15) is 0 Å². The van der Waals surface area contributed by atoms with E-state index < -0.39 is 0 Å². The zero-order valence-electron chi connectivity index (χ0n) is 10.0. The molecule has 1 N–H and O–H groups in total. The standard InChI is InChI=1S/C12H22N2O/c1-4-6-13-8-11-7-12(15-10-11)9-14(3)5-2/h7,10,13H,4-6,8-9H2,1-3H3. The van der Waals surface area contributed by atoms with E-state index in [0.717, 1.165) is 31.9 Å². The predicted molar refractivity (Wildman–Crippen MR) is 62.7 cm³/mol. The van der Waals surface area contributed by atoms with Gasteiger partial charge in [-0.25, -0.2) is 0 Å². The van der Waals surface area contributed by atoms with Gasteiger partial charge in [-0.1, -0.05) is 13.8 Å². The molecule has 1 aromatic heterocycles. The van der Waals surface area contributed by atoms with Crippen LogP contribution in [-0.4, -0.2) is 25.0 Å². The second-order valence-corrected chi connectivity index (χ2v) is 3.93. The van der Waals surface area contributed by atoms with Crippen molar-refractivity contribution in [3.8, 4) is 0 Å². The lowest BCUT2D eigenvalue weighted by atomic mass is 10.3. The lowest BCUT2D eigenvalue weighted by Gasteiger charge is -2.10. The zero-order valence-corrected chi connectivity index (χ0v) is 10.0. The SMILES string of the molecule is CCCNCc1coc(CN(C)CC)c1. The van der Waals surface area contributed by atoms with Crippen LogP contribution < -0.4 is 5.32 Å². The maximum absolute atomic E-state index is 5.49. The van der Waals surface area contributed by atoms with Gasteiger partial charge < -0.3 is 9.73 Å². The smallest absolute Gasteiger partial charge is 0.118 e. The molecule has 0 radical (unpaired) electrons. The summed E-state index contributed by atoms with van der Waals surface area (Å²) < 4.78 is 5.49. The topological polar surface area (TPSA) is 28.4 Å². The van der Waals surface area contributed by atoms with Gasteiger partial charge in [0.1, 0.15) is 5.76 Å². The molecule has 0 unspecified atom stereocenters. The van der Waals surface area contributed by atoms with E-state index in [2.05, 4.69) is 37.2 Å². The Kier molecular flexibility index (Phi) is 5.43. The van der Waals surface area contributed by atoms with Gasteiger partial charge in [0.25, 0.3) is 0 Å². The summed E-state index contributed by atoms with van der Waals surface area (Å²) in [5.41, 5.74) is 1.24. The van der Waals surface area contributed by atoms with Crippen molar-refractivity contribution in [3.05, 3.63) is 23.7 Å². The van der Waals surface area contributed by atoms with Gasteiger partial charge in [0.05, 0.1) is 12.8 Å². The van der Waals surface area contributed by atoms with Crippen molar-refractivity contribution in [2.24, 2.45) is 0 Å². The predicted octanol–water partition coefficient (Wildman–Crippen LogP) is 2.23. The normalized spacial score (nSPS) is 11.2. The summed E-state index contributed by atoms with van der Waals surface area (Å²) in [5.74, 6) is 1.05. The van der Waals surface area contributed by atoms with Crippen LogP contribution in [-0.2, 0) is 13.1 Å². The Hall–Kier alpha value is -0.800. The van der Waals surface area contributed by atoms with E-state index in [0.29, 0.717) is 0 Å². The fourth-order valence-electron chi connectivity index (χ4n) is 1.39. The molecule has 0 atom stereocenters. The quantitative estimate of drug-likeness (QED) is 0.700. The highest BCUT2D eigenvalue weighted by Gasteiger charge is 2.03. The Bertz CT molecular complexity index is 270. The molecule has 0 bridgehead atoms. The molecular weight excluding hydrogens is 188 g/mol. The molecular formula is C12H22N2O. The molecule has 0 aliphatic carbocycles. The lowest BCUT2D eigenvalue weighted by Crippen LogP contribution is -2.16. The van der Waals surface area contributed by atoms with Crippen LogP contribution in [0.3, 0.4) is 0 Å². The number of nitrogens with zero attached hydrogens (tertiary/aromatic N) is 1. The molecule has 1 heterocycles. The molecule has 0 amide bonds. The van der Waals surface area contributed by atoms with Gasteiger partial charge in [0, 0.05) is 12.1 Å². The summed E-state index contributed by atoms with van der Waals surface area (Å²) in [4.78, 5) is 2.22. The van der Waals surface area contributed by atoms with Crippen LogP contribution in [0.4, 0.5) is 0 Å². The number of furan rings is 1. The monoisotopic (exact) mass is 210 g/mol. The summed E-state index contributed by atoms with van der Waals surface area (Å²) in [5, 5.41) is 3.36. The van der Waals surface area contributed by atoms with Gasteiger partial charge in [0.15, 0.2) is 0 Å². The first-order valence-electron chi connectivity index (χ1n) is 5.71. The van der Waals surface area contributed by atoms with Crippen LogP contribution >= 0.6 is 0 Å². The van der Waals surface area contributed by atoms with Crippen LogP contribution in [0.25, 0.3) is 0 Å². The fourth-order valence-corrected chi connectivity index (χ4v) is 1.39. The van der Waals surface area contributed by atoms with Crippen LogP contribution in [0.15, 0.2) is 16.7 Å². The van der Waals surface area contributed by atoms with Crippen LogP contribution in [0.5, 0.6) is 0 Å². The molecule has 3 heteroatoms. The molecule has 3 nitrogen and oxygen atoms in total. The van der Waals surface area contributed by atoms with E-state index >= 15 is 0 Å². The van der Waals surface area contributed by atoms with Crippen molar-refractivity contribution < 1.29 is 4.42 Å². The van der Waals surface area contributed by atoms with Crippen molar-refractivity contribution in [3.63, 3.8) is 0 Å². The van der Waals surface area contributed by atoms with Crippen molar-refractivity contribution in [2.45, 2.75) is 33.4 Å². The van der Waals surface area contributed by atoms with Gasteiger partial charge in [0.2, 0.25) is 0 Å². The van der Waals surface area contributed by atoms with Crippen LogP contribution in [0, 0.1) is 0 Å². The van der Waals surface area contributed by atoms with E-state index in [1.807, 2.05) is 6.26 Å². The Morgan fingerprint density at radius 1 is 1.40 bits per heavy atom. The molecule has 86 valence electrons. The third-order valence-corrected chi connectivity index (χ3v) is 2.43. The summed E-state index contributed by atoms with van der Waals surface area (Å²) in [6.07, 6.45) is 3.02. The molecule has 1 aromatic rings. The second kappa shape index (κ2) is 6.64. The highest BCUT2D eigenvalue weighted by atomic mass is 16.3. The minimum atomic E-state index is 0.893. The Balaban J connectivity index is 2.35. The van der Waals surface area contributed by atoms with Crippen molar-refractivity contribution >= 4 is 0 Å². The Morgan fingerprint density at radius 2 is 2.20 bits per heavy atom. The summed E-state index contributed by atoms with van der Waals surface area (Å²) in [6, 6.07) is 2.13. The fraction of sp³-hybridized carbons (Fsp3) is 0.667. The van der Waals surface area contributed by atoms with E-state index in [-0.39, 0.29) is 0 Å². The summed E-state index contributed by atoms with van der Waals surface area (Å²) in [6.45, 7) is 8.23. The molecule has 0 aliphatic heterocycles. The van der Waals surface area contributed by atoms with Gasteiger partial charge in [-0.15, -0.1) is 0 Å². The van der Waals surface area contributed by atoms with E-state index in [1.54, 1.807) is 0 Å². The summed E-state index contributed by atoms with van der Waals surface area (Å²) >= 11 is 0. The third kappa shape index (κ3) is 4.49. The number of rotatable bonds is 7. The average Bonchev–Trinajstić information content (AvgIpc) is 2.66. The maximum atomic E-state index is 5.49. The molecule has 0 fully saturated rings. The van der Waals surface area contributed by atoms with Gasteiger partial charge >= 0.3 is 0 Å². The van der Waals surface area contributed by atoms with Gasteiger partial charge in [-0.05, 0) is 32.6 Å². The molecule has 0 aromatic carbocycles. The molecule has 0 aliphatic rings. The Labute approximate surface area is 92.5 Å². The molecule has 1 rings (SSSR count). The maximum Gasteiger partial charge on any atom is 0.118 e. The summed E-state index contributed by atoms with van der Waals surface area (Å²) in [7, 11) is 2.09. The van der Waals surface area contributed by atoms with E-state index in [1.165, 1.54) is 12.0 Å². The van der Waals surface area contributed by atoms with Crippen molar-refractivity contribution in [1.29, 1.82) is 0 Å². The Morgan fingerprint density at radius 3 is 2.87 bits per heavy atom. The van der Waals surface area contributed by atoms with Crippen LogP contribution in [0.1, 0.15) is 31.6 Å². The highest BCUT2D eigenvalue weighted by Crippen LogP contribution is 2.09. The first-order chi connectivity index (χ1) is 7.26. The average molecular weight is 210 g/mol. The first-order valence-corrected chi connectivity index (χ1v) is 5.71. The van der Waals surface area contributed by atoms with Gasteiger partial charge in [-0.3, -0.25) is 4.90 Å². The van der Waals surface area contributed by atoms with E-state index in [4.69, 9.17) is 4.42 Å². The van der Waals surface area contributed by atoms with E-state index in [9.17, 15) is 0 Å². The molecule has 15 heavy (non-hydrogen) atoms. The number of nitrogens with one attached hydrogen (secondary N) is 1. The number of hydrogen-bond acceptors (Lipinski definition) is 3. The zero-order chi connectivity index (χ0) is 11.1. The van der Waals surface area contributed by atoms with Crippen molar-refractivity contribution in [1.82, 2.24) is 10.2 Å². The highest BCUT2D eigenvalue weighted by molar-refractivity contribution is 5.12. The third-order valence-electron chi connectivity index (χ3n) is 2.43. The molecule has 0 saturated heterocycles. The van der Waals surface area contributed by atoms with Crippen molar-refractivity contribution in [2.75, 3.05) is 20.1 Å². The second-order valence-electron chi connectivity index (χ2n) is 3.93. The largest absolute Gasteiger partial charge is 0.468 e. The first kappa shape index (κ1) is 12.3. The number of hydrogen-bond donors (Lipinski definition) is 1. The van der Waals surface area contributed by atoms with Crippen LogP contribution in [0.2, 0.25) is 0 Å². The lowest BCUT2D eigenvalue weighted by molar-refractivity contribution is 0.309. The minimum Gasteiger partial charge on any atom is -0.468 e. The molecule has 0 saturated carbocycles.